The molecule has 1 N–H and O–H groups in total. The third kappa shape index (κ3) is 1.76. The lowest BCUT2D eigenvalue weighted by atomic mass is 9.75. The molecule has 1 rings (SSSR count). The number of nitriles is 1. The zero-order valence-electron chi connectivity index (χ0n) is 7.16. The number of hydrogen-bond acceptors (Lipinski definition) is 2. The van der Waals surface area contributed by atoms with Gasteiger partial charge in [-0.05, 0) is 25.2 Å². The van der Waals surface area contributed by atoms with Crippen LogP contribution in [0.1, 0.15) is 26.2 Å². The first-order valence-corrected chi connectivity index (χ1v) is 4.27. The van der Waals surface area contributed by atoms with Gasteiger partial charge in [-0.15, -0.1) is 0 Å². The van der Waals surface area contributed by atoms with Crippen molar-refractivity contribution in [3.05, 3.63) is 0 Å². The van der Waals surface area contributed by atoms with E-state index in [1.54, 1.807) is 0 Å². The zero-order chi connectivity index (χ0) is 9.14. The number of hydrogen-bond donors (Lipinski definition) is 1. The van der Waals surface area contributed by atoms with Gasteiger partial charge in [-0.25, -0.2) is 0 Å². The molecule has 0 aromatic rings. The molecular formula is C9H13NO2. The lowest BCUT2D eigenvalue weighted by molar-refractivity contribution is -0.144. The maximum absolute atomic E-state index is 10.7. The van der Waals surface area contributed by atoms with Gasteiger partial charge < -0.3 is 5.11 Å². The van der Waals surface area contributed by atoms with Crippen LogP contribution in [0.15, 0.2) is 0 Å². The fraction of sp³-hybridized carbons (Fsp3) is 0.778. The van der Waals surface area contributed by atoms with Gasteiger partial charge in [-0.1, -0.05) is 6.92 Å². The molecule has 1 aliphatic carbocycles. The van der Waals surface area contributed by atoms with Crippen molar-refractivity contribution in [2.75, 3.05) is 0 Å². The molecule has 12 heavy (non-hydrogen) atoms. The maximum atomic E-state index is 10.7. The number of carboxylic acid groups (broad SMARTS) is 1. The summed E-state index contributed by atoms with van der Waals surface area (Å²) in [6, 6.07) is 2.20. The molecule has 1 unspecified atom stereocenters. The van der Waals surface area contributed by atoms with Crippen molar-refractivity contribution in [1.29, 1.82) is 5.26 Å². The summed E-state index contributed by atoms with van der Waals surface area (Å²) in [6.45, 7) is 1.92. The molecule has 0 spiro atoms. The highest BCUT2D eigenvalue weighted by Gasteiger charge is 2.31. The van der Waals surface area contributed by atoms with Gasteiger partial charge in [-0.3, -0.25) is 4.79 Å². The van der Waals surface area contributed by atoms with E-state index in [1.807, 2.05) is 6.92 Å². The van der Waals surface area contributed by atoms with Crippen molar-refractivity contribution in [2.45, 2.75) is 26.2 Å². The van der Waals surface area contributed by atoms with E-state index in [0.717, 1.165) is 12.8 Å². The number of aliphatic carboxylic acids is 1. The topological polar surface area (TPSA) is 61.1 Å². The molecule has 0 bridgehead atoms. The number of carboxylic acids is 1. The molecule has 0 aliphatic heterocycles. The molecule has 0 aromatic carbocycles. The van der Waals surface area contributed by atoms with E-state index in [2.05, 4.69) is 6.07 Å². The molecule has 0 saturated heterocycles. The Bertz CT molecular complexity index is 219. The fourth-order valence-electron chi connectivity index (χ4n) is 1.88. The molecule has 66 valence electrons. The van der Waals surface area contributed by atoms with Gasteiger partial charge in [0.1, 0.15) is 0 Å². The first-order chi connectivity index (χ1) is 5.65. The number of rotatable bonds is 1. The van der Waals surface area contributed by atoms with Crippen molar-refractivity contribution in [2.24, 2.45) is 17.8 Å². The van der Waals surface area contributed by atoms with Crippen molar-refractivity contribution in [3.8, 4) is 6.07 Å². The molecule has 0 aromatic heterocycles. The van der Waals surface area contributed by atoms with Crippen molar-refractivity contribution in [3.63, 3.8) is 0 Å². The highest BCUT2D eigenvalue weighted by atomic mass is 16.4. The fourth-order valence-corrected chi connectivity index (χ4v) is 1.88. The molecule has 0 radical (unpaired) electrons. The molecular weight excluding hydrogens is 154 g/mol. The largest absolute Gasteiger partial charge is 0.481 e. The average Bonchev–Trinajstić information content (AvgIpc) is 2.03. The SMILES string of the molecule is CC1C[C@H](C#N)CC[C@H]1C(=O)O. The first-order valence-electron chi connectivity index (χ1n) is 4.27. The Morgan fingerprint density at radius 3 is 2.67 bits per heavy atom. The Labute approximate surface area is 72.0 Å². The van der Waals surface area contributed by atoms with E-state index in [9.17, 15) is 4.79 Å². The van der Waals surface area contributed by atoms with Crippen molar-refractivity contribution < 1.29 is 9.90 Å². The van der Waals surface area contributed by atoms with Crippen LogP contribution in [-0.4, -0.2) is 11.1 Å². The monoisotopic (exact) mass is 167 g/mol. The molecule has 3 atom stereocenters. The molecule has 0 heterocycles. The summed E-state index contributed by atoms with van der Waals surface area (Å²) in [5, 5.41) is 17.4. The third-order valence-corrected chi connectivity index (χ3v) is 2.67. The van der Waals surface area contributed by atoms with Crippen LogP contribution in [0.3, 0.4) is 0 Å². The quantitative estimate of drug-likeness (QED) is 0.645. The van der Waals surface area contributed by atoms with Crippen LogP contribution in [-0.2, 0) is 4.79 Å². The summed E-state index contributed by atoms with van der Waals surface area (Å²) in [5.41, 5.74) is 0. The van der Waals surface area contributed by atoms with Gasteiger partial charge >= 0.3 is 5.97 Å². The predicted octanol–water partition coefficient (Wildman–Crippen LogP) is 1.65. The molecule has 0 amide bonds. The zero-order valence-corrected chi connectivity index (χ0v) is 7.16. The highest BCUT2D eigenvalue weighted by molar-refractivity contribution is 5.70. The Hall–Kier alpha value is -1.04. The molecule has 3 nitrogen and oxygen atoms in total. The van der Waals surface area contributed by atoms with Gasteiger partial charge in [0, 0.05) is 5.92 Å². The smallest absolute Gasteiger partial charge is 0.306 e. The number of carbonyl (C=O) groups is 1. The minimum atomic E-state index is -0.709. The second-order valence-corrected chi connectivity index (χ2v) is 3.56. The van der Waals surface area contributed by atoms with Crippen molar-refractivity contribution in [1.82, 2.24) is 0 Å². The van der Waals surface area contributed by atoms with Crippen LogP contribution in [0.25, 0.3) is 0 Å². The highest BCUT2D eigenvalue weighted by Crippen LogP contribution is 2.33. The summed E-state index contributed by atoms with van der Waals surface area (Å²) < 4.78 is 0. The lowest BCUT2D eigenvalue weighted by Gasteiger charge is -2.27. The number of nitrogens with zero attached hydrogens (tertiary/aromatic N) is 1. The van der Waals surface area contributed by atoms with E-state index in [1.165, 1.54) is 0 Å². The van der Waals surface area contributed by atoms with E-state index in [4.69, 9.17) is 10.4 Å². The predicted molar refractivity (Wildman–Crippen MR) is 43.2 cm³/mol. The normalized spacial score (nSPS) is 35.5. The van der Waals surface area contributed by atoms with Gasteiger partial charge in [-0.2, -0.15) is 5.26 Å². The minimum Gasteiger partial charge on any atom is -0.481 e. The summed E-state index contributed by atoms with van der Waals surface area (Å²) in [7, 11) is 0. The Balaban J connectivity index is 2.55. The second kappa shape index (κ2) is 3.57. The van der Waals surface area contributed by atoms with Crippen molar-refractivity contribution >= 4 is 5.97 Å². The van der Waals surface area contributed by atoms with Gasteiger partial charge in [0.2, 0.25) is 0 Å². The van der Waals surface area contributed by atoms with Crippen LogP contribution in [0.4, 0.5) is 0 Å². The van der Waals surface area contributed by atoms with Gasteiger partial charge in [0.15, 0.2) is 0 Å². The van der Waals surface area contributed by atoms with Gasteiger partial charge in [0.05, 0.1) is 12.0 Å². The second-order valence-electron chi connectivity index (χ2n) is 3.56. The molecule has 1 aliphatic rings. The van der Waals surface area contributed by atoms with Crippen LogP contribution < -0.4 is 0 Å². The van der Waals surface area contributed by atoms with E-state index in [0.29, 0.717) is 6.42 Å². The average molecular weight is 167 g/mol. The summed E-state index contributed by atoms with van der Waals surface area (Å²) >= 11 is 0. The minimum absolute atomic E-state index is 0.0793. The van der Waals surface area contributed by atoms with E-state index in [-0.39, 0.29) is 17.8 Å². The Kier molecular flexibility index (Phi) is 2.69. The maximum Gasteiger partial charge on any atom is 0.306 e. The summed E-state index contributed by atoms with van der Waals surface area (Å²) in [5.74, 6) is -0.704. The van der Waals surface area contributed by atoms with E-state index < -0.39 is 5.97 Å². The van der Waals surface area contributed by atoms with Crippen LogP contribution in [0, 0.1) is 29.1 Å². The Morgan fingerprint density at radius 2 is 2.25 bits per heavy atom. The van der Waals surface area contributed by atoms with Gasteiger partial charge in [0.25, 0.3) is 0 Å². The van der Waals surface area contributed by atoms with Crippen LogP contribution >= 0.6 is 0 Å². The Morgan fingerprint density at radius 1 is 1.58 bits per heavy atom. The summed E-state index contributed by atoms with van der Waals surface area (Å²) in [6.07, 6.45) is 2.15. The van der Waals surface area contributed by atoms with E-state index >= 15 is 0 Å². The molecule has 3 heteroatoms. The lowest BCUT2D eigenvalue weighted by Crippen LogP contribution is -2.28. The van der Waals surface area contributed by atoms with Crippen LogP contribution in [0.2, 0.25) is 0 Å². The molecule has 1 fully saturated rings. The molecule has 1 saturated carbocycles. The standard InChI is InChI=1S/C9H13NO2/c1-6-4-7(5-10)2-3-8(6)9(11)12/h6-8H,2-4H2,1H3,(H,11,12)/t6?,7-,8-/m1/s1. The first kappa shape index (κ1) is 9.05. The third-order valence-electron chi connectivity index (χ3n) is 2.67. The summed E-state index contributed by atoms with van der Waals surface area (Å²) in [4.78, 5) is 10.7. The van der Waals surface area contributed by atoms with Crippen LogP contribution in [0.5, 0.6) is 0 Å².